The molecule has 0 aromatic carbocycles. The van der Waals surface area contributed by atoms with Crippen molar-refractivity contribution in [1.29, 1.82) is 0 Å². The van der Waals surface area contributed by atoms with E-state index in [9.17, 15) is 39.9 Å². The van der Waals surface area contributed by atoms with E-state index in [4.69, 9.17) is 18.9 Å². The molecule has 2 fully saturated rings. The van der Waals surface area contributed by atoms with Crippen LogP contribution in [0.5, 0.6) is 0 Å². The molecule has 0 spiro atoms. The second-order valence-corrected chi connectivity index (χ2v) is 13.9. The van der Waals surface area contributed by atoms with Gasteiger partial charge in [-0.1, -0.05) is 32.4 Å². The standard InChI is InChI=1S/C32H48O12/c1-17-10-12-41-23(34)14-30(3,40)15-24(35)42-16-20-25(36)26(37)27(38)29(43-20)44-28(39)19-7-6-8-21-31(19,4)11-9-18(2)32(21,5)22(33)13-17/h7,10,18,20-22,25-27,29,33,36-38,40H,6,8-9,11-16H2,1-5H3/b17-10-/t18-,20-,21+,22-,25+,26+,27+,29-,30+,31+,32+/m1/s1. The molecule has 4 rings (SSSR count). The third-order valence-electron chi connectivity index (χ3n) is 10.6. The van der Waals surface area contributed by atoms with Gasteiger partial charge in [-0.2, -0.15) is 0 Å². The molecule has 1 saturated carbocycles. The lowest BCUT2D eigenvalue weighted by molar-refractivity contribution is -0.292. The zero-order valence-electron chi connectivity index (χ0n) is 26.2. The molecule has 0 radical (unpaired) electrons. The monoisotopic (exact) mass is 624 g/mol. The maximum Gasteiger partial charge on any atom is 0.336 e. The fourth-order valence-electron chi connectivity index (χ4n) is 7.66. The third-order valence-corrected chi connectivity index (χ3v) is 10.6. The SMILES string of the molecule is C/C1=C/COC(=O)C[C@](C)(O)CC(=O)OC[C@H]2O[C@H](OC(=O)C3=CCC[C@@H]4[C@](C)([C@H](C)CC[C@@]34C)[C@H](O)C1)[C@@H](O)[C@@H](O)[C@H]2O. The Kier molecular flexibility index (Phi) is 10.3. The van der Waals surface area contributed by atoms with Gasteiger partial charge >= 0.3 is 17.9 Å². The van der Waals surface area contributed by atoms with E-state index in [2.05, 4.69) is 13.8 Å². The highest BCUT2D eigenvalue weighted by Gasteiger charge is 2.58. The number of rotatable bonds is 0. The average molecular weight is 625 g/mol. The summed E-state index contributed by atoms with van der Waals surface area (Å²) in [6, 6.07) is 0. The van der Waals surface area contributed by atoms with Gasteiger partial charge in [0.25, 0.3) is 0 Å². The van der Waals surface area contributed by atoms with E-state index in [1.165, 1.54) is 6.92 Å². The van der Waals surface area contributed by atoms with E-state index < -0.39 is 90.6 Å². The van der Waals surface area contributed by atoms with Crippen LogP contribution in [-0.2, 0) is 33.3 Å². The number of hydrogen-bond donors (Lipinski definition) is 5. The van der Waals surface area contributed by atoms with Crippen LogP contribution < -0.4 is 0 Å². The Morgan fingerprint density at radius 1 is 0.886 bits per heavy atom. The fraction of sp³-hybridized carbons (Fsp3) is 0.781. The Bertz CT molecular complexity index is 1160. The molecule has 2 heterocycles. The molecular formula is C32H48O12. The van der Waals surface area contributed by atoms with E-state index >= 15 is 0 Å². The predicted molar refractivity (Wildman–Crippen MR) is 154 cm³/mol. The topological polar surface area (TPSA) is 189 Å². The number of fused-ring (bicyclic) bond motifs is 2. The van der Waals surface area contributed by atoms with Gasteiger partial charge in [0.15, 0.2) is 0 Å². The molecule has 2 aliphatic heterocycles. The minimum Gasteiger partial charge on any atom is -0.463 e. The van der Waals surface area contributed by atoms with Gasteiger partial charge in [0.2, 0.25) is 6.29 Å². The highest BCUT2D eigenvalue weighted by atomic mass is 16.7. The molecule has 4 aliphatic rings. The summed E-state index contributed by atoms with van der Waals surface area (Å²) < 4.78 is 21.7. The molecule has 1 saturated heterocycles. The van der Waals surface area contributed by atoms with Gasteiger partial charge in [0.1, 0.15) is 37.6 Å². The molecule has 0 aromatic heterocycles. The van der Waals surface area contributed by atoms with Crippen molar-refractivity contribution in [3.63, 3.8) is 0 Å². The van der Waals surface area contributed by atoms with Crippen LogP contribution >= 0.6 is 0 Å². The quantitative estimate of drug-likeness (QED) is 0.148. The van der Waals surface area contributed by atoms with Crippen molar-refractivity contribution in [2.24, 2.45) is 22.7 Å². The van der Waals surface area contributed by atoms with Gasteiger partial charge in [0, 0.05) is 16.4 Å². The van der Waals surface area contributed by atoms with Crippen LogP contribution in [0.3, 0.4) is 0 Å². The minimum atomic E-state index is -1.80. The first kappa shape index (κ1) is 34.5. The molecule has 44 heavy (non-hydrogen) atoms. The predicted octanol–water partition coefficient (Wildman–Crippen LogP) is 1.44. The van der Waals surface area contributed by atoms with E-state index in [1.807, 2.05) is 19.9 Å². The van der Waals surface area contributed by atoms with Crippen LogP contribution in [0.1, 0.15) is 79.6 Å². The summed E-state index contributed by atoms with van der Waals surface area (Å²) in [5.74, 6) is -2.34. The van der Waals surface area contributed by atoms with Crippen LogP contribution in [0.15, 0.2) is 23.3 Å². The van der Waals surface area contributed by atoms with Crippen LogP contribution in [-0.4, -0.2) is 99.1 Å². The number of ether oxygens (including phenoxy) is 4. The summed E-state index contributed by atoms with van der Waals surface area (Å²) in [6.45, 7) is 8.63. The van der Waals surface area contributed by atoms with Crippen molar-refractivity contribution >= 4 is 17.9 Å². The van der Waals surface area contributed by atoms with Gasteiger partial charge in [-0.25, -0.2) is 4.79 Å². The van der Waals surface area contributed by atoms with Crippen LogP contribution in [0, 0.1) is 22.7 Å². The Hall–Kier alpha value is -2.35. The van der Waals surface area contributed by atoms with Gasteiger partial charge in [-0.05, 0) is 63.9 Å². The first-order valence-electron chi connectivity index (χ1n) is 15.5. The summed E-state index contributed by atoms with van der Waals surface area (Å²) in [5, 5.41) is 54.0. The van der Waals surface area contributed by atoms with E-state index in [-0.39, 0.29) is 18.4 Å². The summed E-state index contributed by atoms with van der Waals surface area (Å²) in [6.07, 6.45) is -3.53. The highest BCUT2D eigenvalue weighted by molar-refractivity contribution is 5.90. The second-order valence-electron chi connectivity index (χ2n) is 13.9. The largest absolute Gasteiger partial charge is 0.463 e. The smallest absolute Gasteiger partial charge is 0.336 e. The molecule has 248 valence electrons. The summed E-state index contributed by atoms with van der Waals surface area (Å²) in [5.41, 5.74) is -1.82. The molecule has 0 unspecified atom stereocenters. The lowest BCUT2D eigenvalue weighted by Crippen LogP contribution is -2.60. The normalized spacial score (nSPS) is 46.1. The second kappa shape index (κ2) is 13.2. The maximum atomic E-state index is 13.7. The summed E-state index contributed by atoms with van der Waals surface area (Å²) in [7, 11) is 0. The number of carbonyl (C=O) groups is 3. The Balaban J connectivity index is 1.67. The lowest BCUT2D eigenvalue weighted by atomic mass is 9.46. The Morgan fingerprint density at radius 2 is 1.55 bits per heavy atom. The molecule has 0 amide bonds. The van der Waals surface area contributed by atoms with Crippen LogP contribution in [0.4, 0.5) is 0 Å². The zero-order chi connectivity index (χ0) is 32.6. The third kappa shape index (κ3) is 6.90. The van der Waals surface area contributed by atoms with E-state index in [0.29, 0.717) is 24.8 Å². The number of cyclic esters (lactones) is 2. The van der Waals surface area contributed by atoms with Gasteiger partial charge in [-0.15, -0.1) is 0 Å². The minimum absolute atomic E-state index is 0.0731. The van der Waals surface area contributed by atoms with Crippen molar-refractivity contribution in [3.8, 4) is 0 Å². The van der Waals surface area contributed by atoms with Gasteiger partial charge in [-0.3, -0.25) is 9.59 Å². The number of carbonyl (C=O) groups excluding carboxylic acids is 3. The van der Waals surface area contributed by atoms with Gasteiger partial charge < -0.3 is 44.5 Å². The lowest BCUT2D eigenvalue weighted by Gasteiger charge is -2.59. The first-order valence-corrected chi connectivity index (χ1v) is 15.5. The van der Waals surface area contributed by atoms with E-state index in [0.717, 1.165) is 18.4 Å². The molecule has 2 aliphatic carbocycles. The fourth-order valence-corrected chi connectivity index (χ4v) is 7.66. The molecule has 11 atom stereocenters. The zero-order valence-corrected chi connectivity index (χ0v) is 26.2. The van der Waals surface area contributed by atoms with Crippen LogP contribution in [0.25, 0.3) is 0 Å². The van der Waals surface area contributed by atoms with Crippen molar-refractivity contribution < 1.29 is 58.9 Å². The number of aliphatic hydroxyl groups is 5. The van der Waals surface area contributed by atoms with Crippen molar-refractivity contribution in [2.75, 3.05) is 13.2 Å². The van der Waals surface area contributed by atoms with Crippen molar-refractivity contribution in [2.45, 2.75) is 122 Å². The first-order chi connectivity index (χ1) is 20.5. The van der Waals surface area contributed by atoms with Crippen molar-refractivity contribution in [3.05, 3.63) is 23.3 Å². The summed E-state index contributed by atoms with van der Waals surface area (Å²) in [4.78, 5) is 38.6. The number of esters is 3. The average Bonchev–Trinajstić information content (AvgIpc) is 2.93. The Morgan fingerprint density at radius 3 is 2.23 bits per heavy atom. The molecular weight excluding hydrogens is 576 g/mol. The summed E-state index contributed by atoms with van der Waals surface area (Å²) >= 11 is 0. The molecule has 12 nitrogen and oxygen atoms in total. The number of allylic oxidation sites excluding steroid dienone is 1. The molecule has 0 aromatic rings. The molecule has 6 bridgehead atoms. The van der Waals surface area contributed by atoms with Gasteiger partial charge in [0.05, 0.1) is 24.5 Å². The van der Waals surface area contributed by atoms with E-state index in [1.54, 1.807) is 6.08 Å². The van der Waals surface area contributed by atoms with Crippen molar-refractivity contribution in [1.82, 2.24) is 0 Å². The number of hydrogen-bond acceptors (Lipinski definition) is 12. The Labute approximate surface area is 258 Å². The number of aliphatic hydroxyl groups excluding tert-OH is 4. The highest BCUT2D eigenvalue weighted by Crippen LogP contribution is 2.62. The molecule has 5 N–H and O–H groups in total. The maximum absolute atomic E-state index is 13.7. The van der Waals surface area contributed by atoms with Crippen LogP contribution in [0.2, 0.25) is 0 Å². The molecule has 12 heteroatoms.